The molecule has 2 saturated heterocycles. The third kappa shape index (κ3) is 5.70. The largest absolute Gasteiger partial charge is 0.300 e. The van der Waals surface area contributed by atoms with Gasteiger partial charge >= 0.3 is 0 Å². The summed E-state index contributed by atoms with van der Waals surface area (Å²) in [5.74, 6) is 2.59. The van der Waals surface area contributed by atoms with Crippen molar-refractivity contribution in [3.63, 3.8) is 0 Å². The highest BCUT2D eigenvalue weighted by Gasteiger charge is 2.31. The molecule has 0 radical (unpaired) electrons. The minimum absolute atomic E-state index is 0.350. The molecule has 0 aromatic carbocycles. The summed E-state index contributed by atoms with van der Waals surface area (Å²) in [5.41, 5.74) is 0. The molecule has 2 unspecified atom stereocenters. The molecule has 0 aliphatic carbocycles. The van der Waals surface area contributed by atoms with Gasteiger partial charge in [-0.3, -0.25) is 9.80 Å². The summed E-state index contributed by atoms with van der Waals surface area (Å²) in [7, 11) is 4.18. The van der Waals surface area contributed by atoms with E-state index in [-0.39, 0.29) is 0 Å². The number of nitrogens with zero attached hydrogens (tertiary/aromatic N) is 2. The molecule has 2 nitrogen and oxygen atoms in total. The monoisotopic (exact) mass is 320 g/mol. The van der Waals surface area contributed by atoms with Crippen LogP contribution in [0, 0.1) is 0 Å². The highest BCUT2D eigenvalue weighted by atomic mass is 33.1. The third-order valence-electron chi connectivity index (χ3n) is 3.54. The molecule has 2 bridgehead atoms. The molecule has 0 amide bonds. The Morgan fingerprint density at radius 2 is 1.11 bits per heavy atom. The van der Waals surface area contributed by atoms with E-state index in [9.17, 15) is 0 Å². The highest BCUT2D eigenvalue weighted by molar-refractivity contribution is 8.77. The van der Waals surface area contributed by atoms with Crippen LogP contribution in [0.4, 0.5) is 0 Å². The maximum atomic E-state index is 2.68. The van der Waals surface area contributed by atoms with Crippen LogP contribution in [0.3, 0.4) is 0 Å². The molecule has 0 spiro atoms. The summed E-state index contributed by atoms with van der Waals surface area (Å²) in [5, 5.41) is 0. The molecular weight excluding hydrogens is 292 g/mol. The van der Waals surface area contributed by atoms with Crippen molar-refractivity contribution in [3.05, 3.63) is 0 Å². The first-order valence-electron chi connectivity index (χ1n) is 7.26. The van der Waals surface area contributed by atoms with Crippen molar-refractivity contribution in [3.8, 4) is 0 Å². The summed E-state index contributed by atoms with van der Waals surface area (Å²) in [6.45, 7) is 17.0. The van der Waals surface area contributed by atoms with Gasteiger partial charge in [-0.25, -0.2) is 0 Å². The zero-order valence-corrected chi connectivity index (χ0v) is 15.2. The lowest BCUT2D eigenvalue weighted by Crippen LogP contribution is -2.46. The fourth-order valence-electron chi connectivity index (χ4n) is 2.67. The summed E-state index contributed by atoms with van der Waals surface area (Å²) >= 11 is 2.13. The lowest BCUT2D eigenvalue weighted by Gasteiger charge is -2.39. The standard InChI is InChI=1S/C14H28N2S3/c1-13(2)11-15-5-6-16(8-10-17-9-7-15)12-14(3,4)19-18-13/h5-12H2,1-4H3. The van der Waals surface area contributed by atoms with Crippen molar-refractivity contribution >= 4 is 33.3 Å². The molecule has 2 atom stereocenters. The second-order valence-electron chi connectivity index (χ2n) is 6.85. The molecule has 2 aliphatic heterocycles. The van der Waals surface area contributed by atoms with Gasteiger partial charge < -0.3 is 0 Å². The Kier molecular flexibility index (Phi) is 5.87. The van der Waals surface area contributed by atoms with Crippen molar-refractivity contribution in [2.24, 2.45) is 0 Å². The SMILES string of the molecule is CC1(C)CN2CCSCCN(CC2)CC(C)(C)SS1. The molecule has 19 heavy (non-hydrogen) atoms. The Morgan fingerprint density at radius 3 is 1.53 bits per heavy atom. The zero-order valence-electron chi connectivity index (χ0n) is 12.8. The first-order chi connectivity index (χ1) is 8.86. The minimum atomic E-state index is 0.350. The van der Waals surface area contributed by atoms with Crippen LogP contribution in [0.25, 0.3) is 0 Å². The van der Waals surface area contributed by atoms with Crippen molar-refractivity contribution in [1.82, 2.24) is 9.80 Å². The molecule has 5 heteroatoms. The van der Waals surface area contributed by atoms with Crippen LogP contribution in [0.1, 0.15) is 27.7 Å². The van der Waals surface area contributed by atoms with E-state index < -0.39 is 0 Å². The Bertz CT molecular complexity index is 266. The fraction of sp³-hybridized carbons (Fsp3) is 1.00. The number of hydrogen-bond acceptors (Lipinski definition) is 5. The second kappa shape index (κ2) is 6.82. The molecule has 2 heterocycles. The van der Waals surface area contributed by atoms with E-state index in [0.29, 0.717) is 9.49 Å². The Hall–Kier alpha value is 0.970. The second-order valence-corrected chi connectivity index (χ2v) is 11.6. The van der Waals surface area contributed by atoms with E-state index in [2.05, 4.69) is 70.8 Å². The van der Waals surface area contributed by atoms with Crippen LogP contribution in [-0.2, 0) is 0 Å². The fourth-order valence-corrected chi connectivity index (χ4v) is 6.24. The average Bonchev–Trinajstić information content (AvgIpc) is 2.40. The van der Waals surface area contributed by atoms with Crippen molar-refractivity contribution in [2.45, 2.75) is 37.2 Å². The van der Waals surface area contributed by atoms with Crippen LogP contribution in [0.15, 0.2) is 0 Å². The predicted molar refractivity (Wildman–Crippen MR) is 93.5 cm³/mol. The molecule has 0 aromatic heterocycles. The van der Waals surface area contributed by atoms with Crippen LogP contribution >= 0.6 is 33.3 Å². The molecule has 2 fully saturated rings. The lowest BCUT2D eigenvalue weighted by atomic mass is 10.1. The summed E-state index contributed by atoms with van der Waals surface area (Å²) in [6.07, 6.45) is 0. The number of hydrogen-bond donors (Lipinski definition) is 0. The number of rotatable bonds is 0. The minimum Gasteiger partial charge on any atom is -0.300 e. The topological polar surface area (TPSA) is 6.48 Å². The van der Waals surface area contributed by atoms with Crippen LogP contribution in [0.5, 0.6) is 0 Å². The van der Waals surface area contributed by atoms with Gasteiger partial charge in [0.15, 0.2) is 0 Å². The molecule has 0 saturated carbocycles. The van der Waals surface area contributed by atoms with Gasteiger partial charge in [-0.15, -0.1) is 0 Å². The van der Waals surface area contributed by atoms with Gasteiger partial charge in [-0.1, -0.05) is 21.6 Å². The molecule has 0 N–H and O–H groups in total. The Balaban J connectivity index is 2.12. The maximum absolute atomic E-state index is 2.68. The van der Waals surface area contributed by atoms with Crippen molar-refractivity contribution in [2.75, 3.05) is 50.8 Å². The average molecular weight is 321 g/mol. The summed E-state index contributed by atoms with van der Waals surface area (Å²) in [4.78, 5) is 5.36. The first-order valence-corrected chi connectivity index (χ1v) is 10.6. The van der Waals surface area contributed by atoms with E-state index in [1.165, 1.54) is 50.8 Å². The van der Waals surface area contributed by atoms with Crippen LogP contribution in [0.2, 0.25) is 0 Å². The summed E-state index contributed by atoms with van der Waals surface area (Å²) in [6, 6.07) is 0. The van der Waals surface area contributed by atoms with Gasteiger partial charge in [-0.05, 0) is 27.7 Å². The highest BCUT2D eigenvalue weighted by Crippen LogP contribution is 2.44. The van der Waals surface area contributed by atoms with E-state index in [1.807, 2.05) is 0 Å². The van der Waals surface area contributed by atoms with Crippen molar-refractivity contribution in [1.29, 1.82) is 0 Å². The quantitative estimate of drug-likeness (QED) is 0.630. The predicted octanol–water partition coefficient (Wildman–Crippen LogP) is 3.29. The van der Waals surface area contributed by atoms with E-state index in [1.54, 1.807) is 0 Å². The molecule has 112 valence electrons. The van der Waals surface area contributed by atoms with Gasteiger partial charge in [0.05, 0.1) is 0 Å². The maximum Gasteiger partial charge on any atom is 0.0334 e. The van der Waals surface area contributed by atoms with Gasteiger partial charge in [0, 0.05) is 60.3 Å². The summed E-state index contributed by atoms with van der Waals surface area (Å²) < 4.78 is 0.700. The molecule has 2 rings (SSSR count). The van der Waals surface area contributed by atoms with Gasteiger partial charge in [0.1, 0.15) is 0 Å². The molecule has 0 aromatic rings. The molecular formula is C14H28N2S3. The van der Waals surface area contributed by atoms with Gasteiger partial charge in [-0.2, -0.15) is 11.8 Å². The van der Waals surface area contributed by atoms with Crippen molar-refractivity contribution < 1.29 is 0 Å². The Morgan fingerprint density at radius 1 is 0.684 bits per heavy atom. The smallest absolute Gasteiger partial charge is 0.0334 e. The molecule has 2 aliphatic rings. The van der Waals surface area contributed by atoms with E-state index in [0.717, 1.165) is 0 Å². The van der Waals surface area contributed by atoms with Gasteiger partial charge in [0.25, 0.3) is 0 Å². The normalized spacial score (nSPS) is 36.0. The van der Waals surface area contributed by atoms with Crippen LogP contribution < -0.4 is 0 Å². The lowest BCUT2D eigenvalue weighted by molar-refractivity contribution is 0.203. The van der Waals surface area contributed by atoms with E-state index >= 15 is 0 Å². The van der Waals surface area contributed by atoms with Gasteiger partial charge in [0.2, 0.25) is 0 Å². The Labute approximate surface area is 131 Å². The number of thioether (sulfide) groups is 1. The van der Waals surface area contributed by atoms with Crippen LogP contribution in [-0.4, -0.2) is 70.1 Å². The first kappa shape index (κ1) is 16.3. The third-order valence-corrected chi connectivity index (χ3v) is 8.68. The number of fused-ring (bicyclic) bond motifs is 3. The zero-order chi connectivity index (χ0) is 13.9. The van der Waals surface area contributed by atoms with E-state index in [4.69, 9.17) is 0 Å².